The number of nitrogens with one attached hydrogen (secondary N) is 1. The van der Waals surface area contributed by atoms with Crippen LogP contribution in [0.25, 0.3) is 0 Å². The van der Waals surface area contributed by atoms with Gasteiger partial charge in [0.15, 0.2) is 0 Å². The van der Waals surface area contributed by atoms with Gasteiger partial charge in [0, 0.05) is 28.1 Å². The second kappa shape index (κ2) is 6.40. The molecular formula is C14H20Br2N2. The molecule has 2 rings (SSSR count). The molecule has 1 atom stereocenters. The smallest absolute Gasteiger partial charge is 0.0655 e. The van der Waals surface area contributed by atoms with Gasteiger partial charge < -0.3 is 10.2 Å². The third-order valence-electron chi connectivity index (χ3n) is 3.35. The molecule has 0 radical (unpaired) electrons. The van der Waals surface area contributed by atoms with Crippen LogP contribution in [0.2, 0.25) is 0 Å². The Morgan fingerprint density at radius 2 is 2.00 bits per heavy atom. The standard InChI is InChI=1S/C14H20Br2N2/c1-10(2)17-8-11-6-7-18(9-11)14-12(15)4-3-5-13(14)16/h3-5,10-11,17H,6-9H2,1-2H3. The minimum atomic E-state index is 0.578. The molecule has 0 aromatic heterocycles. The van der Waals surface area contributed by atoms with Crippen LogP contribution in [-0.4, -0.2) is 25.7 Å². The fourth-order valence-electron chi connectivity index (χ4n) is 2.40. The maximum atomic E-state index is 3.65. The molecule has 1 aromatic rings. The van der Waals surface area contributed by atoms with Crippen molar-refractivity contribution in [1.82, 2.24) is 5.32 Å². The van der Waals surface area contributed by atoms with Gasteiger partial charge in [0.05, 0.1) is 5.69 Å². The van der Waals surface area contributed by atoms with E-state index >= 15 is 0 Å². The zero-order valence-electron chi connectivity index (χ0n) is 10.9. The molecule has 2 nitrogen and oxygen atoms in total. The molecule has 1 aromatic carbocycles. The van der Waals surface area contributed by atoms with E-state index in [0.29, 0.717) is 6.04 Å². The van der Waals surface area contributed by atoms with E-state index in [2.05, 4.69) is 74.1 Å². The molecule has 1 unspecified atom stereocenters. The minimum Gasteiger partial charge on any atom is -0.369 e. The summed E-state index contributed by atoms with van der Waals surface area (Å²) in [5, 5.41) is 3.54. The van der Waals surface area contributed by atoms with Crippen molar-refractivity contribution in [3.05, 3.63) is 27.1 Å². The summed E-state index contributed by atoms with van der Waals surface area (Å²) in [5.74, 6) is 0.756. The Labute approximate surface area is 126 Å². The van der Waals surface area contributed by atoms with E-state index in [1.165, 1.54) is 21.1 Å². The van der Waals surface area contributed by atoms with Crippen molar-refractivity contribution >= 4 is 37.5 Å². The van der Waals surface area contributed by atoms with Crippen molar-refractivity contribution in [3.63, 3.8) is 0 Å². The first-order chi connectivity index (χ1) is 8.58. The van der Waals surface area contributed by atoms with E-state index in [-0.39, 0.29) is 0 Å². The lowest BCUT2D eigenvalue weighted by Gasteiger charge is -2.22. The van der Waals surface area contributed by atoms with E-state index in [4.69, 9.17) is 0 Å². The van der Waals surface area contributed by atoms with Gasteiger partial charge in [-0.1, -0.05) is 19.9 Å². The molecule has 18 heavy (non-hydrogen) atoms. The van der Waals surface area contributed by atoms with Crippen LogP contribution < -0.4 is 10.2 Å². The number of benzene rings is 1. The topological polar surface area (TPSA) is 15.3 Å². The summed E-state index contributed by atoms with van der Waals surface area (Å²) in [4.78, 5) is 2.47. The average molecular weight is 376 g/mol. The Morgan fingerprint density at radius 1 is 1.33 bits per heavy atom. The minimum absolute atomic E-state index is 0.578. The van der Waals surface area contributed by atoms with Crippen LogP contribution in [0.4, 0.5) is 5.69 Å². The van der Waals surface area contributed by atoms with E-state index in [1.807, 2.05) is 0 Å². The van der Waals surface area contributed by atoms with Crippen molar-refractivity contribution in [3.8, 4) is 0 Å². The number of hydrogen-bond acceptors (Lipinski definition) is 2. The predicted octanol–water partition coefficient (Wildman–Crippen LogP) is 4.04. The summed E-state index contributed by atoms with van der Waals surface area (Å²) in [6.07, 6.45) is 1.27. The van der Waals surface area contributed by atoms with Gasteiger partial charge in [-0.25, -0.2) is 0 Å². The summed E-state index contributed by atoms with van der Waals surface area (Å²) in [5.41, 5.74) is 1.30. The Kier molecular flexibility index (Phi) is 5.10. The van der Waals surface area contributed by atoms with Gasteiger partial charge >= 0.3 is 0 Å². The summed E-state index contributed by atoms with van der Waals surface area (Å²) in [6, 6.07) is 6.86. The normalized spacial score (nSPS) is 19.8. The molecule has 4 heteroatoms. The molecule has 0 aliphatic carbocycles. The zero-order valence-corrected chi connectivity index (χ0v) is 14.1. The highest BCUT2D eigenvalue weighted by Gasteiger charge is 2.25. The number of halogens is 2. The SMILES string of the molecule is CC(C)NCC1CCN(c2c(Br)cccc2Br)C1. The van der Waals surface area contributed by atoms with Crippen molar-refractivity contribution in [2.24, 2.45) is 5.92 Å². The van der Waals surface area contributed by atoms with Gasteiger partial charge in [0.2, 0.25) is 0 Å². The van der Waals surface area contributed by atoms with E-state index < -0.39 is 0 Å². The molecule has 1 heterocycles. The fraction of sp³-hybridized carbons (Fsp3) is 0.571. The zero-order chi connectivity index (χ0) is 13.1. The van der Waals surface area contributed by atoms with Crippen LogP contribution in [0.15, 0.2) is 27.1 Å². The van der Waals surface area contributed by atoms with Crippen molar-refractivity contribution < 1.29 is 0 Å². The monoisotopic (exact) mass is 374 g/mol. The molecule has 0 spiro atoms. The molecular weight excluding hydrogens is 356 g/mol. The van der Waals surface area contributed by atoms with E-state index in [9.17, 15) is 0 Å². The van der Waals surface area contributed by atoms with Crippen LogP contribution in [0.1, 0.15) is 20.3 Å². The van der Waals surface area contributed by atoms with Crippen LogP contribution in [-0.2, 0) is 0 Å². The van der Waals surface area contributed by atoms with Gasteiger partial charge in [-0.3, -0.25) is 0 Å². The third kappa shape index (κ3) is 3.49. The van der Waals surface area contributed by atoms with Crippen molar-refractivity contribution in [2.75, 3.05) is 24.5 Å². The first-order valence-corrected chi connectivity index (χ1v) is 8.09. The number of para-hydroxylation sites is 1. The Balaban J connectivity index is 2.00. The Hall–Kier alpha value is -0.0600. The molecule has 1 N–H and O–H groups in total. The summed E-state index contributed by atoms with van der Waals surface area (Å²) in [6.45, 7) is 7.82. The molecule has 1 aliphatic heterocycles. The molecule has 0 amide bonds. The highest BCUT2D eigenvalue weighted by molar-refractivity contribution is 9.11. The van der Waals surface area contributed by atoms with Gasteiger partial charge in [0.1, 0.15) is 0 Å². The lowest BCUT2D eigenvalue weighted by Crippen LogP contribution is -2.30. The Morgan fingerprint density at radius 3 is 2.61 bits per heavy atom. The number of nitrogens with zero attached hydrogens (tertiary/aromatic N) is 1. The molecule has 0 bridgehead atoms. The lowest BCUT2D eigenvalue weighted by atomic mass is 10.1. The maximum absolute atomic E-state index is 3.65. The van der Waals surface area contributed by atoms with Crippen LogP contribution >= 0.6 is 31.9 Å². The summed E-state index contributed by atoms with van der Waals surface area (Å²) in [7, 11) is 0. The van der Waals surface area contributed by atoms with Crippen molar-refractivity contribution in [1.29, 1.82) is 0 Å². The van der Waals surface area contributed by atoms with Crippen LogP contribution in [0, 0.1) is 5.92 Å². The molecule has 1 fully saturated rings. The van der Waals surface area contributed by atoms with E-state index in [0.717, 1.165) is 25.6 Å². The highest BCUT2D eigenvalue weighted by atomic mass is 79.9. The first-order valence-electron chi connectivity index (χ1n) is 6.50. The molecule has 0 saturated carbocycles. The summed E-state index contributed by atoms with van der Waals surface area (Å²) >= 11 is 7.30. The second-order valence-corrected chi connectivity index (χ2v) is 6.94. The Bertz CT molecular complexity index is 387. The van der Waals surface area contributed by atoms with E-state index in [1.54, 1.807) is 0 Å². The molecule has 1 aliphatic rings. The van der Waals surface area contributed by atoms with Gasteiger partial charge in [-0.15, -0.1) is 0 Å². The largest absolute Gasteiger partial charge is 0.369 e. The second-order valence-electron chi connectivity index (χ2n) is 5.23. The number of anilines is 1. The number of hydrogen-bond donors (Lipinski definition) is 1. The van der Waals surface area contributed by atoms with Crippen LogP contribution in [0.3, 0.4) is 0 Å². The maximum Gasteiger partial charge on any atom is 0.0655 e. The van der Waals surface area contributed by atoms with Gasteiger partial charge in [-0.2, -0.15) is 0 Å². The van der Waals surface area contributed by atoms with Crippen LogP contribution in [0.5, 0.6) is 0 Å². The lowest BCUT2D eigenvalue weighted by molar-refractivity contribution is 0.480. The predicted molar refractivity (Wildman–Crippen MR) is 85.3 cm³/mol. The highest BCUT2D eigenvalue weighted by Crippen LogP contribution is 2.36. The number of rotatable bonds is 4. The fourth-order valence-corrected chi connectivity index (χ4v) is 3.90. The summed E-state index contributed by atoms with van der Waals surface area (Å²) < 4.78 is 2.35. The van der Waals surface area contributed by atoms with Gasteiger partial charge in [0.25, 0.3) is 0 Å². The van der Waals surface area contributed by atoms with Gasteiger partial charge in [-0.05, 0) is 62.9 Å². The average Bonchev–Trinajstić information content (AvgIpc) is 2.75. The molecule has 1 saturated heterocycles. The van der Waals surface area contributed by atoms with Crippen molar-refractivity contribution in [2.45, 2.75) is 26.3 Å². The quantitative estimate of drug-likeness (QED) is 0.854. The first kappa shape index (κ1) is 14.4. The molecule has 100 valence electrons. The third-order valence-corrected chi connectivity index (χ3v) is 4.63.